The van der Waals surface area contributed by atoms with E-state index >= 15 is 0 Å². The second-order valence-electron chi connectivity index (χ2n) is 4.24. The van der Waals surface area contributed by atoms with Gasteiger partial charge in [-0.2, -0.15) is 0 Å². The van der Waals surface area contributed by atoms with Crippen molar-refractivity contribution < 1.29 is 9.47 Å². The fourth-order valence-electron chi connectivity index (χ4n) is 2.10. The van der Waals surface area contributed by atoms with E-state index in [0.717, 1.165) is 17.1 Å². The van der Waals surface area contributed by atoms with Crippen LogP contribution >= 0.6 is 0 Å². The zero-order valence-electron chi connectivity index (χ0n) is 11.0. The first-order chi connectivity index (χ1) is 8.76. The Kier molecular flexibility index (Phi) is 3.88. The number of benzene rings is 2. The number of hydrogen-bond donors (Lipinski definition) is 0. The van der Waals surface area contributed by atoms with Crippen LogP contribution in [0.2, 0.25) is 0 Å². The van der Waals surface area contributed by atoms with Crippen molar-refractivity contribution in [3.63, 3.8) is 0 Å². The molecule has 18 heavy (non-hydrogen) atoms. The van der Waals surface area contributed by atoms with Crippen LogP contribution in [0.1, 0.15) is 24.0 Å². The van der Waals surface area contributed by atoms with E-state index in [1.54, 1.807) is 14.2 Å². The predicted molar refractivity (Wildman–Crippen MR) is 73.5 cm³/mol. The van der Waals surface area contributed by atoms with Gasteiger partial charge in [-0.3, -0.25) is 0 Å². The maximum Gasteiger partial charge on any atom is 0.122 e. The topological polar surface area (TPSA) is 18.5 Å². The van der Waals surface area contributed by atoms with Crippen LogP contribution in [0.3, 0.4) is 0 Å². The maximum absolute atomic E-state index is 5.43. The van der Waals surface area contributed by atoms with Crippen molar-refractivity contribution in [3.05, 3.63) is 59.7 Å². The maximum atomic E-state index is 5.43. The third kappa shape index (κ3) is 2.48. The molecule has 0 aromatic heterocycles. The minimum absolute atomic E-state index is 0.274. The summed E-state index contributed by atoms with van der Waals surface area (Å²) in [6, 6.07) is 16.3. The SMILES string of the molecule is COc1ccc(OC)c([C@@H](C)c2ccccc2)c1. The number of ether oxygens (including phenoxy) is 2. The molecule has 0 bridgehead atoms. The molecule has 0 amide bonds. The minimum atomic E-state index is 0.274. The lowest BCUT2D eigenvalue weighted by Gasteiger charge is -2.17. The van der Waals surface area contributed by atoms with Gasteiger partial charge in [0.25, 0.3) is 0 Å². The van der Waals surface area contributed by atoms with E-state index in [0.29, 0.717) is 0 Å². The molecule has 0 fully saturated rings. The van der Waals surface area contributed by atoms with Crippen LogP contribution in [0.15, 0.2) is 48.5 Å². The Morgan fingerprint density at radius 1 is 0.889 bits per heavy atom. The van der Waals surface area contributed by atoms with Crippen molar-refractivity contribution in [1.29, 1.82) is 0 Å². The monoisotopic (exact) mass is 242 g/mol. The lowest BCUT2D eigenvalue weighted by Crippen LogP contribution is -2.00. The average Bonchev–Trinajstić information content (AvgIpc) is 2.46. The average molecular weight is 242 g/mol. The van der Waals surface area contributed by atoms with Crippen molar-refractivity contribution >= 4 is 0 Å². The van der Waals surface area contributed by atoms with Gasteiger partial charge in [0.15, 0.2) is 0 Å². The zero-order valence-corrected chi connectivity index (χ0v) is 11.0. The summed E-state index contributed by atoms with van der Waals surface area (Å²) in [6.07, 6.45) is 0. The molecule has 2 aromatic carbocycles. The van der Waals surface area contributed by atoms with E-state index in [2.05, 4.69) is 31.2 Å². The highest BCUT2D eigenvalue weighted by Crippen LogP contribution is 2.34. The van der Waals surface area contributed by atoms with Gasteiger partial charge in [-0.1, -0.05) is 37.3 Å². The van der Waals surface area contributed by atoms with Gasteiger partial charge in [0.2, 0.25) is 0 Å². The third-order valence-corrected chi connectivity index (χ3v) is 3.20. The Hall–Kier alpha value is -1.96. The molecule has 2 heteroatoms. The first kappa shape index (κ1) is 12.5. The molecule has 1 atom stereocenters. The van der Waals surface area contributed by atoms with E-state index in [4.69, 9.17) is 9.47 Å². The van der Waals surface area contributed by atoms with E-state index in [1.165, 1.54) is 5.56 Å². The summed E-state index contributed by atoms with van der Waals surface area (Å²) in [4.78, 5) is 0. The molecular weight excluding hydrogens is 224 g/mol. The molecule has 2 aromatic rings. The second kappa shape index (κ2) is 5.58. The van der Waals surface area contributed by atoms with Crippen LogP contribution in [0.5, 0.6) is 11.5 Å². The Labute approximate surface area is 108 Å². The fourth-order valence-corrected chi connectivity index (χ4v) is 2.10. The molecule has 0 radical (unpaired) electrons. The second-order valence-corrected chi connectivity index (χ2v) is 4.24. The highest BCUT2D eigenvalue weighted by Gasteiger charge is 2.14. The normalized spacial score (nSPS) is 11.9. The fraction of sp³-hybridized carbons (Fsp3) is 0.250. The molecule has 0 aliphatic heterocycles. The highest BCUT2D eigenvalue weighted by molar-refractivity contribution is 5.46. The predicted octanol–water partition coefficient (Wildman–Crippen LogP) is 3.86. The summed E-state index contributed by atoms with van der Waals surface area (Å²) in [5.41, 5.74) is 2.41. The molecule has 0 aliphatic rings. The summed E-state index contributed by atoms with van der Waals surface area (Å²) >= 11 is 0. The Bertz CT molecular complexity index is 506. The summed E-state index contributed by atoms with van der Waals surface area (Å²) < 4.78 is 10.7. The van der Waals surface area contributed by atoms with Crippen LogP contribution in [-0.4, -0.2) is 14.2 Å². The van der Waals surface area contributed by atoms with Gasteiger partial charge in [-0.25, -0.2) is 0 Å². The van der Waals surface area contributed by atoms with Crippen molar-refractivity contribution in [2.75, 3.05) is 14.2 Å². The van der Waals surface area contributed by atoms with Crippen LogP contribution in [-0.2, 0) is 0 Å². The minimum Gasteiger partial charge on any atom is -0.497 e. The summed E-state index contributed by atoms with van der Waals surface area (Å²) in [7, 11) is 3.38. The molecule has 0 N–H and O–H groups in total. The quantitative estimate of drug-likeness (QED) is 0.810. The third-order valence-electron chi connectivity index (χ3n) is 3.20. The lowest BCUT2D eigenvalue weighted by molar-refractivity contribution is 0.397. The lowest BCUT2D eigenvalue weighted by atomic mass is 9.92. The van der Waals surface area contributed by atoms with Crippen molar-refractivity contribution in [2.24, 2.45) is 0 Å². The number of methoxy groups -OCH3 is 2. The molecule has 0 saturated carbocycles. The standard InChI is InChI=1S/C16H18O2/c1-12(13-7-5-4-6-8-13)15-11-14(17-2)9-10-16(15)18-3/h4-12H,1-3H3/t12-/m0/s1. The van der Waals surface area contributed by atoms with E-state index in [-0.39, 0.29) is 5.92 Å². The van der Waals surface area contributed by atoms with E-state index in [1.807, 2.05) is 24.3 Å². The van der Waals surface area contributed by atoms with Crippen LogP contribution < -0.4 is 9.47 Å². The van der Waals surface area contributed by atoms with Crippen molar-refractivity contribution in [3.8, 4) is 11.5 Å². The summed E-state index contributed by atoms with van der Waals surface area (Å²) in [5.74, 6) is 2.02. The Morgan fingerprint density at radius 3 is 2.22 bits per heavy atom. The van der Waals surface area contributed by atoms with Gasteiger partial charge >= 0.3 is 0 Å². The first-order valence-electron chi connectivity index (χ1n) is 6.03. The molecule has 0 unspecified atom stereocenters. The molecule has 2 rings (SSSR count). The van der Waals surface area contributed by atoms with Crippen LogP contribution in [0, 0.1) is 0 Å². The van der Waals surface area contributed by atoms with Gasteiger partial charge in [0.1, 0.15) is 11.5 Å². The van der Waals surface area contributed by atoms with Gasteiger partial charge in [-0.05, 0) is 23.8 Å². The van der Waals surface area contributed by atoms with Crippen LogP contribution in [0.25, 0.3) is 0 Å². The van der Waals surface area contributed by atoms with E-state index in [9.17, 15) is 0 Å². The van der Waals surface area contributed by atoms with Gasteiger partial charge in [-0.15, -0.1) is 0 Å². The molecule has 0 spiro atoms. The molecule has 0 aliphatic carbocycles. The van der Waals surface area contributed by atoms with Crippen molar-refractivity contribution in [1.82, 2.24) is 0 Å². The largest absolute Gasteiger partial charge is 0.497 e. The van der Waals surface area contributed by atoms with E-state index < -0.39 is 0 Å². The highest BCUT2D eigenvalue weighted by atomic mass is 16.5. The van der Waals surface area contributed by atoms with Gasteiger partial charge in [0.05, 0.1) is 14.2 Å². The summed E-state index contributed by atoms with van der Waals surface area (Å²) in [6.45, 7) is 2.17. The summed E-state index contributed by atoms with van der Waals surface area (Å²) in [5, 5.41) is 0. The number of hydrogen-bond acceptors (Lipinski definition) is 2. The molecule has 0 heterocycles. The molecule has 0 saturated heterocycles. The smallest absolute Gasteiger partial charge is 0.122 e. The molecule has 2 nitrogen and oxygen atoms in total. The first-order valence-corrected chi connectivity index (χ1v) is 6.03. The van der Waals surface area contributed by atoms with Gasteiger partial charge in [0, 0.05) is 11.5 Å². The zero-order chi connectivity index (χ0) is 13.0. The number of rotatable bonds is 4. The molecular formula is C16H18O2. The molecule has 94 valence electrons. The Balaban J connectivity index is 2.42. The Morgan fingerprint density at radius 2 is 1.61 bits per heavy atom. The van der Waals surface area contributed by atoms with Gasteiger partial charge < -0.3 is 9.47 Å². The van der Waals surface area contributed by atoms with Crippen molar-refractivity contribution in [2.45, 2.75) is 12.8 Å². The van der Waals surface area contributed by atoms with Crippen LogP contribution in [0.4, 0.5) is 0 Å².